The lowest BCUT2D eigenvalue weighted by Crippen LogP contribution is -2.45. The van der Waals surface area contributed by atoms with Crippen molar-refractivity contribution < 1.29 is 15.0 Å². The van der Waals surface area contributed by atoms with E-state index in [2.05, 4.69) is 19.2 Å². The van der Waals surface area contributed by atoms with Crippen LogP contribution in [0.15, 0.2) is 12.2 Å². The minimum atomic E-state index is -0.835. The van der Waals surface area contributed by atoms with Gasteiger partial charge in [-0.1, -0.05) is 315 Å². The molecule has 0 aromatic heterocycles. The van der Waals surface area contributed by atoms with Gasteiger partial charge in [0.25, 0.3) is 0 Å². The van der Waals surface area contributed by atoms with Gasteiger partial charge in [0.15, 0.2) is 0 Å². The quantitative estimate of drug-likeness (QED) is 0.0421. The number of amides is 1. The van der Waals surface area contributed by atoms with E-state index in [-0.39, 0.29) is 12.5 Å². The molecule has 0 aliphatic rings. The molecule has 2 atom stereocenters. The molecule has 364 valence electrons. The van der Waals surface area contributed by atoms with E-state index < -0.39 is 12.1 Å². The van der Waals surface area contributed by atoms with Crippen LogP contribution >= 0.6 is 0 Å². The molecule has 0 fully saturated rings. The van der Waals surface area contributed by atoms with Gasteiger partial charge in [0.1, 0.15) is 0 Å². The average molecular weight is 861 g/mol. The van der Waals surface area contributed by atoms with Crippen LogP contribution in [-0.2, 0) is 4.79 Å². The van der Waals surface area contributed by atoms with Gasteiger partial charge in [-0.15, -0.1) is 0 Å². The summed E-state index contributed by atoms with van der Waals surface area (Å²) in [4.78, 5) is 12.5. The van der Waals surface area contributed by atoms with Crippen molar-refractivity contribution in [3.8, 4) is 0 Å². The smallest absolute Gasteiger partial charge is 0.220 e. The summed E-state index contributed by atoms with van der Waals surface area (Å²) in [6.07, 6.45) is 69.5. The van der Waals surface area contributed by atoms with E-state index in [4.69, 9.17) is 0 Å². The third-order valence-electron chi connectivity index (χ3n) is 13.5. The number of carbonyl (C=O) groups is 1. The number of aliphatic hydroxyl groups is 2. The highest BCUT2D eigenvalue weighted by molar-refractivity contribution is 5.76. The molecule has 0 aromatic rings. The monoisotopic (exact) mass is 860 g/mol. The molecule has 0 saturated carbocycles. The van der Waals surface area contributed by atoms with Gasteiger partial charge in [-0.05, 0) is 19.3 Å². The van der Waals surface area contributed by atoms with Gasteiger partial charge in [0.2, 0.25) is 5.91 Å². The van der Waals surface area contributed by atoms with Crippen LogP contribution in [-0.4, -0.2) is 34.9 Å². The second-order valence-electron chi connectivity index (χ2n) is 19.7. The van der Waals surface area contributed by atoms with E-state index in [9.17, 15) is 15.0 Å². The highest BCUT2D eigenvalue weighted by atomic mass is 16.3. The first-order valence-electron chi connectivity index (χ1n) is 28.4. The Bertz CT molecular complexity index is 844. The second kappa shape index (κ2) is 53.5. The molecule has 0 radical (unpaired) electrons. The maximum Gasteiger partial charge on any atom is 0.220 e. The zero-order chi connectivity index (χ0) is 44.2. The third-order valence-corrected chi connectivity index (χ3v) is 13.5. The predicted octanol–water partition coefficient (Wildman–Crippen LogP) is 18.5. The first kappa shape index (κ1) is 60.1. The number of nitrogens with one attached hydrogen (secondary N) is 1. The Balaban J connectivity index is 3.45. The first-order valence-corrected chi connectivity index (χ1v) is 28.4. The normalized spacial score (nSPS) is 12.8. The minimum absolute atomic E-state index is 0.0554. The molecule has 4 nitrogen and oxygen atoms in total. The Morgan fingerprint density at radius 3 is 0.852 bits per heavy atom. The molecule has 0 heterocycles. The third kappa shape index (κ3) is 50.0. The zero-order valence-electron chi connectivity index (χ0n) is 42.0. The summed E-state index contributed by atoms with van der Waals surface area (Å²) in [5.41, 5.74) is 0. The molecule has 61 heavy (non-hydrogen) atoms. The fourth-order valence-corrected chi connectivity index (χ4v) is 9.18. The lowest BCUT2D eigenvalue weighted by molar-refractivity contribution is -0.123. The average Bonchev–Trinajstić information content (AvgIpc) is 3.26. The van der Waals surface area contributed by atoms with Crippen molar-refractivity contribution in [2.24, 2.45) is 0 Å². The van der Waals surface area contributed by atoms with Gasteiger partial charge in [-0.3, -0.25) is 4.79 Å². The summed E-state index contributed by atoms with van der Waals surface area (Å²) in [6.45, 7) is 4.36. The summed E-state index contributed by atoms with van der Waals surface area (Å²) in [5, 5.41) is 23.2. The van der Waals surface area contributed by atoms with Crippen molar-refractivity contribution in [3.05, 3.63) is 12.2 Å². The van der Waals surface area contributed by atoms with Crippen molar-refractivity contribution in [2.45, 2.75) is 341 Å². The number of carbonyl (C=O) groups excluding carboxylic acids is 1. The summed E-state index contributed by atoms with van der Waals surface area (Å²) >= 11 is 0. The molecule has 0 aliphatic heterocycles. The molecular weight excluding hydrogens is 747 g/mol. The lowest BCUT2D eigenvalue weighted by Gasteiger charge is -2.20. The number of unbranched alkanes of at least 4 members (excludes halogenated alkanes) is 46. The van der Waals surface area contributed by atoms with E-state index in [0.29, 0.717) is 6.42 Å². The van der Waals surface area contributed by atoms with Crippen LogP contribution in [0.5, 0.6) is 0 Å². The maximum atomic E-state index is 12.5. The fourth-order valence-electron chi connectivity index (χ4n) is 9.18. The van der Waals surface area contributed by atoms with Crippen molar-refractivity contribution in [1.29, 1.82) is 0 Å². The minimum Gasteiger partial charge on any atom is -0.394 e. The highest BCUT2D eigenvalue weighted by Crippen LogP contribution is 2.18. The van der Waals surface area contributed by atoms with Crippen molar-refractivity contribution in [3.63, 3.8) is 0 Å². The summed E-state index contributed by atoms with van der Waals surface area (Å²) in [7, 11) is 0. The Kier molecular flexibility index (Phi) is 52.7. The van der Waals surface area contributed by atoms with Crippen LogP contribution in [0.1, 0.15) is 328 Å². The van der Waals surface area contributed by atoms with Crippen LogP contribution in [0.25, 0.3) is 0 Å². The zero-order valence-corrected chi connectivity index (χ0v) is 42.0. The van der Waals surface area contributed by atoms with Crippen molar-refractivity contribution >= 4 is 5.91 Å². The van der Waals surface area contributed by atoms with Crippen LogP contribution in [0.2, 0.25) is 0 Å². The van der Waals surface area contributed by atoms with Gasteiger partial charge in [-0.2, -0.15) is 0 Å². The fraction of sp³-hybridized carbons (Fsp3) is 0.947. The van der Waals surface area contributed by atoms with E-state index in [1.807, 2.05) is 6.08 Å². The van der Waals surface area contributed by atoms with Crippen molar-refractivity contribution in [1.82, 2.24) is 5.32 Å². The number of aliphatic hydroxyl groups excluding tert-OH is 2. The van der Waals surface area contributed by atoms with Crippen molar-refractivity contribution in [2.75, 3.05) is 6.61 Å². The lowest BCUT2D eigenvalue weighted by atomic mass is 10.0. The molecule has 0 spiro atoms. The van der Waals surface area contributed by atoms with Gasteiger partial charge in [-0.25, -0.2) is 0 Å². The molecule has 0 aromatic carbocycles. The van der Waals surface area contributed by atoms with Gasteiger partial charge < -0.3 is 15.5 Å². The Hall–Kier alpha value is -0.870. The highest BCUT2D eigenvalue weighted by Gasteiger charge is 2.18. The molecule has 1 amide bonds. The van der Waals surface area contributed by atoms with E-state index >= 15 is 0 Å². The molecule has 2 unspecified atom stereocenters. The van der Waals surface area contributed by atoms with Gasteiger partial charge in [0.05, 0.1) is 18.8 Å². The van der Waals surface area contributed by atoms with Crippen LogP contribution in [0, 0.1) is 0 Å². The SMILES string of the molecule is CCCCCCCCCCCCCCCCCCCCCCCCC/C=C/C(O)C(CO)NC(=O)CCCCCCCCCCCCCCCCCCCCCCCCCC. The summed E-state index contributed by atoms with van der Waals surface area (Å²) < 4.78 is 0. The molecule has 0 bridgehead atoms. The number of rotatable bonds is 53. The van der Waals surface area contributed by atoms with Crippen LogP contribution < -0.4 is 5.32 Å². The molecule has 0 rings (SSSR count). The van der Waals surface area contributed by atoms with E-state index in [1.54, 1.807) is 6.08 Å². The standard InChI is InChI=1S/C57H113NO3/c1-3-5-7-9-11-13-15-17-19-21-23-25-27-29-30-32-34-36-38-40-42-44-46-48-50-52-56(60)55(54-59)58-57(61)53-51-49-47-45-43-41-39-37-35-33-31-28-26-24-22-20-18-16-14-12-10-8-6-4-2/h50,52,55-56,59-60H,3-49,51,53-54H2,1-2H3,(H,58,61)/b52-50+. The maximum absolute atomic E-state index is 12.5. The number of hydrogen-bond acceptors (Lipinski definition) is 3. The Morgan fingerprint density at radius 2 is 0.607 bits per heavy atom. The molecule has 0 aliphatic carbocycles. The predicted molar refractivity (Wildman–Crippen MR) is 272 cm³/mol. The second-order valence-corrected chi connectivity index (χ2v) is 19.7. The molecular formula is C57H113NO3. The molecule has 0 saturated heterocycles. The largest absolute Gasteiger partial charge is 0.394 e. The van der Waals surface area contributed by atoms with Crippen LogP contribution in [0.3, 0.4) is 0 Å². The van der Waals surface area contributed by atoms with Gasteiger partial charge >= 0.3 is 0 Å². The molecule has 4 heteroatoms. The number of allylic oxidation sites excluding steroid dienone is 1. The summed E-state index contributed by atoms with van der Waals surface area (Å²) in [6, 6.07) is -0.618. The molecule has 3 N–H and O–H groups in total. The first-order chi connectivity index (χ1) is 30.2. The van der Waals surface area contributed by atoms with Gasteiger partial charge in [0, 0.05) is 6.42 Å². The summed E-state index contributed by atoms with van der Waals surface area (Å²) in [5.74, 6) is -0.0554. The van der Waals surface area contributed by atoms with E-state index in [0.717, 1.165) is 25.7 Å². The number of hydrogen-bond donors (Lipinski definition) is 3. The van der Waals surface area contributed by atoms with Crippen LogP contribution in [0.4, 0.5) is 0 Å². The topological polar surface area (TPSA) is 69.6 Å². The Morgan fingerprint density at radius 1 is 0.377 bits per heavy atom. The Labute approximate surface area is 384 Å². The van der Waals surface area contributed by atoms with E-state index in [1.165, 1.54) is 283 Å².